The lowest BCUT2D eigenvalue weighted by Crippen LogP contribution is -2.50. The molecule has 33 heavy (non-hydrogen) atoms. The van der Waals surface area contributed by atoms with Crippen LogP contribution in [0.1, 0.15) is 48.8 Å². The third-order valence-corrected chi connectivity index (χ3v) is 6.69. The zero-order valence-corrected chi connectivity index (χ0v) is 19.5. The lowest BCUT2D eigenvalue weighted by atomic mass is 9.95. The van der Waals surface area contributed by atoms with Crippen molar-refractivity contribution in [2.24, 2.45) is 0 Å². The summed E-state index contributed by atoms with van der Waals surface area (Å²) in [5.41, 5.74) is 3.67. The van der Waals surface area contributed by atoms with E-state index in [0.717, 1.165) is 30.7 Å². The number of piperazine rings is 1. The Morgan fingerprint density at radius 1 is 1.15 bits per heavy atom. The monoisotopic (exact) mass is 449 g/mol. The summed E-state index contributed by atoms with van der Waals surface area (Å²) in [6, 6.07) is 17.4. The molecule has 2 aromatic carbocycles. The molecule has 176 valence electrons. The summed E-state index contributed by atoms with van der Waals surface area (Å²) >= 11 is 0. The third-order valence-electron chi connectivity index (χ3n) is 6.69. The van der Waals surface area contributed by atoms with Crippen molar-refractivity contribution in [3.8, 4) is 5.75 Å². The average molecular weight is 450 g/mol. The number of ether oxygens (including phenoxy) is 1. The summed E-state index contributed by atoms with van der Waals surface area (Å²) in [6.45, 7) is 4.99. The van der Waals surface area contributed by atoms with Crippen LogP contribution in [-0.2, 0) is 22.4 Å². The topological polar surface area (TPSA) is 70.7 Å². The van der Waals surface area contributed by atoms with Crippen LogP contribution < -0.4 is 15.4 Å². The molecule has 0 aromatic heterocycles. The van der Waals surface area contributed by atoms with E-state index < -0.39 is 0 Å². The molecule has 2 N–H and O–H groups in total. The minimum Gasteiger partial charge on any atom is -0.494 e. The first-order valence-electron chi connectivity index (χ1n) is 12.2. The van der Waals surface area contributed by atoms with Gasteiger partial charge in [-0.2, -0.15) is 0 Å². The second-order valence-corrected chi connectivity index (χ2v) is 9.08. The van der Waals surface area contributed by atoms with Crippen molar-refractivity contribution in [3.63, 3.8) is 0 Å². The number of carbonyl (C=O) groups is 2. The smallest absolute Gasteiger partial charge is 0.239 e. The summed E-state index contributed by atoms with van der Waals surface area (Å²) in [4.78, 5) is 25.6. The highest BCUT2D eigenvalue weighted by Crippen LogP contribution is 2.34. The van der Waals surface area contributed by atoms with Gasteiger partial charge in [-0.05, 0) is 73.9 Å². The van der Waals surface area contributed by atoms with E-state index in [1.54, 1.807) is 4.90 Å². The number of hydrogen-bond acceptors (Lipinski definition) is 4. The quantitative estimate of drug-likeness (QED) is 0.617. The fourth-order valence-corrected chi connectivity index (χ4v) is 4.89. The van der Waals surface area contributed by atoms with Gasteiger partial charge < -0.3 is 20.3 Å². The number of carbonyl (C=O) groups excluding carboxylic acids is 2. The van der Waals surface area contributed by atoms with Gasteiger partial charge in [0.2, 0.25) is 11.8 Å². The minimum absolute atomic E-state index is 0.0227. The number of rotatable bonds is 9. The van der Waals surface area contributed by atoms with Crippen molar-refractivity contribution in [1.29, 1.82) is 0 Å². The van der Waals surface area contributed by atoms with Crippen LogP contribution in [0.25, 0.3) is 0 Å². The number of hydrogen-bond donors (Lipinski definition) is 2. The number of benzene rings is 2. The predicted octanol–water partition coefficient (Wildman–Crippen LogP) is 3.05. The summed E-state index contributed by atoms with van der Waals surface area (Å²) in [5.74, 6) is 1.46. The van der Waals surface area contributed by atoms with Crippen LogP contribution in [0, 0.1) is 0 Å². The molecule has 0 bridgehead atoms. The van der Waals surface area contributed by atoms with Crippen LogP contribution in [0.3, 0.4) is 0 Å². The van der Waals surface area contributed by atoms with Crippen LogP contribution in [0.2, 0.25) is 0 Å². The Morgan fingerprint density at radius 2 is 2.00 bits per heavy atom. The first kappa shape index (κ1) is 23.3. The van der Waals surface area contributed by atoms with E-state index in [-0.39, 0.29) is 18.4 Å². The normalized spacial score (nSPS) is 20.5. The molecule has 0 unspecified atom stereocenters. The number of nitrogens with zero attached hydrogens (tertiary/aromatic N) is 1. The summed E-state index contributed by atoms with van der Waals surface area (Å²) in [7, 11) is 0. The van der Waals surface area contributed by atoms with Gasteiger partial charge in [-0.1, -0.05) is 36.4 Å². The van der Waals surface area contributed by atoms with Crippen LogP contribution in [0.5, 0.6) is 5.75 Å². The van der Waals surface area contributed by atoms with Gasteiger partial charge in [-0.25, -0.2) is 0 Å². The van der Waals surface area contributed by atoms with Gasteiger partial charge in [-0.3, -0.25) is 9.59 Å². The van der Waals surface area contributed by atoms with Gasteiger partial charge in [0, 0.05) is 19.1 Å². The first-order chi connectivity index (χ1) is 16.1. The van der Waals surface area contributed by atoms with E-state index >= 15 is 0 Å². The van der Waals surface area contributed by atoms with Crippen molar-refractivity contribution in [1.82, 2.24) is 15.5 Å². The lowest BCUT2D eigenvalue weighted by molar-refractivity contribution is -0.137. The Labute approximate surface area is 196 Å². The molecule has 1 heterocycles. The molecular formula is C27H35N3O3. The molecule has 1 aliphatic heterocycles. The van der Waals surface area contributed by atoms with E-state index in [1.165, 1.54) is 24.0 Å². The minimum atomic E-state index is -0.0756. The molecule has 1 saturated carbocycles. The molecule has 2 aliphatic rings. The molecular weight excluding hydrogens is 414 g/mol. The first-order valence-corrected chi connectivity index (χ1v) is 12.2. The van der Waals surface area contributed by atoms with E-state index in [9.17, 15) is 9.59 Å². The Morgan fingerprint density at radius 3 is 2.79 bits per heavy atom. The maximum absolute atomic E-state index is 12.5. The van der Waals surface area contributed by atoms with Crippen LogP contribution in [-0.4, -0.2) is 55.5 Å². The predicted molar refractivity (Wildman–Crippen MR) is 129 cm³/mol. The van der Waals surface area contributed by atoms with Crippen LogP contribution in [0.4, 0.5) is 0 Å². The van der Waals surface area contributed by atoms with E-state index in [2.05, 4.69) is 53.1 Å². The molecule has 4 rings (SSSR count). The zero-order valence-electron chi connectivity index (χ0n) is 19.5. The molecule has 2 fully saturated rings. The second-order valence-electron chi connectivity index (χ2n) is 9.08. The third kappa shape index (κ3) is 6.57. The van der Waals surface area contributed by atoms with Gasteiger partial charge in [-0.15, -0.1) is 0 Å². The van der Waals surface area contributed by atoms with Crippen molar-refractivity contribution in [3.05, 3.63) is 65.2 Å². The molecule has 1 aliphatic carbocycles. The molecule has 6 heteroatoms. The number of nitrogens with one attached hydrogen (secondary N) is 2. The average Bonchev–Trinajstić information content (AvgIpc) is 3.29. The standard InChI is InChI=1S/C27H35N3O3/c1-2-33-25-5-3-4-20(16-25)12-13-28-24-11-10-23(18-24)22-8-6-21(7-9-22)17-27(32)30-15-14-29-26(31)19-30/h3-9,16,23-24,28H,2,10-15,17-19H2,1H3,(H,29,31)/t23-,24+/m1/s1. The van der Waals surface area contributed by atoms with Gasteiger partial charge in [0.25, 0.3) is 0 Å². The van der Waals surface area contributed by atoms with Gasteiger partial charge in [0.05, 0.1) is 19.6 Å². The van der Waals surface area contributed by atoms with Crippen molar-refractivity contribution >= 4 is 11.8 Å². The van der Waals surface area contributed by atoms with Crippen molar-refractivity contribution in [2.45, 2.75) is 51.0 Å². The van der Waals surface area contributed by atoms with Crippen molar-refractivity contribution < 1.29 is 14.3 Å². The SMILES string of the molecule is CCOc1cccc(CCN[C@H]2CC[C@@H](c3ccc(CC(=O)N4CCNC(=O)C4)cc3)C2)c1. The maximum atomic E-state index is 12.5. The fourth-order valence-electron chi connectivity index (χ4n) is 4.89. The van der Waals surface area contributed by atoms with E-state index in [4.69, 9.17) is 4.74 Å². The molecule has 6 nitrogen and oxygen atoms in total. The summed E-state index contributed by atoms with van der Waals surface area (Å²) in [6.07, 6.45) is 4.90. The Bertz CT molecular complexity index is 944. The second kappa shape index (κ2) is 11.3. The Hall–Kier alpha value is -2.86. The van der Waals surface area contributed by atoms with Crippen LogP contribution >= 0.6 is 0 Å². The van der Waals surface area contributed by atoms with Crippen molar-refractivity contribution in [2.75, 3.05) is 32.8 Å². The van der Waals surface area contributed by atoms with E-state index in [1.807, 2.05) is 13.0 Å². The Balaban J connectivity index is 1.21. The number of amides is 2. The van der Waals surface area contributed by atoms with Crippen LogP contribution in [0.15, 0.2) is 48.5 Å². The molecule has 2 amide bonds. The fraction of sp³-hybridized carbons (Fsp3) is 0.481. The molecule has 0 spiro atoms. The maximum Gasteiger partial charge on any atom is 0.239 e. The lowest BCUT2D eigenvalue weighted by Gasteiger charge is -2.26. The molecule has 2 aromatic rings. The highest BCUT2D eigenvalue weighted by Gasteiger charge is 2.26. The zero-order chi connectivity index (χ0) is 23.0. The highest BCUT2D eigenvalue weighted by molar-refractivity contribution is 5.86. The largest absolute Gasteiger partial charge is 0.494 e. The Kier molecular flexibility index (Phi) is 8.00. The summed E-state index contributed by atoms with van der Waals surface area (Å²) in [5, 5.41) is 6.49. The van der Waals surface area contributed by atoms with Gasteiger partial charge in [0.1, 0.15) is 5.75 Å². The highest BCUT2D eigenvalue weighted by atomic mass is 16.5. The van der Waals surface area contributed by atoms with Gasteiger partial charge >= 0.3 is 0 Å². The molecule has 1 saturated heterocycles. The summed E-state index contributed by atoms with van der Waals surface area (Å²) < 4.78 is 5.60. The molecule has 0 radical (unpaired) electrons. The van der Waals surface area contributed by atoms with E-state index in [0.29, 0.717) is 38.1 Å². The molecule has 2 atom stereocenters. The van der Waals surface area contributed by atoms with Gasteiger partial charge in [0.15, 0.2) is 0 Å².